The molecule has 0 atom stereocenters. The third kappa shape index (κ3) is 2.34. The fourth-order valence-electron chi connectivity index (χ4n) is 2.04. The first-order chi connectivity index (χ1) is 9.67. The van der Waals surface area contributed by atoms with Gasteiger partial charge in [-0.25, -0.2) is 4.79 Å². The van der Waals surface area contributed by atoms with Gasteiger partial charge >= 0.3 is 5.97 Å². The van der Waals surface area contributed by atoms with Crippen LogP contribution in [0, 0.1) is 0 Å². The number of carbonyl (C=O) groups is 1. The Kier molecular flexibility index (Phi) is 3.32. The lowest BCUT2D eigenvalue weighted by molar-refractivity contribution is 0.0601. The zero-order valence-electron chi connectivity index (χ0n) is 10.7. The van der Waals surface area contributed by atoms with Gasteiger partial charge in [-0.15, -0.1) is 0 Å². The molecule has 0 aliphatic carbocycles. The minimum absolute atomic E-state index is 0.349. The molecule has 0 aliphatic rings. The van der Waals surface area contributed by atoms with Gasteiger partial charge in [-0.1, -0.05) is 28.1 Å². The second-order valence-corrected chi connectivity index (χ2v) is 5.28. The topological polar surface area (TPSA) is 39.4 Å². The number of rotatable bonds is 2. The summed E-state index contributed by atoms with van der Waals surface area (Å²) in [4.78, 5) is 11.5. The zero-order chi connectivity index (χ0) is 14.1. The molecule has 0 amide bonds. The van der Waals surface area contributed by atoms with Crippen molar-refractivity contribution in [1.29, 1.82) is 0 Å². The van der Waals surface area contributed by atoms with Crippen molar-refractivity contribution < 1.29 is 13.9 Å². The van der Waals surface area contributed by atoms with Crippen LogP contribution in [0.5, 0.6) is 0 Å². The van der Waals surface area contributed by atoms with E-state index in [-0.39, 0.29) is 5.97 Å². The Bertz CT molecular complexity index is 772. The van der Waals surface area contributed by atoms with Gasteiger partial charge in [0, 0.05) is 15.4 Å². The van der Waals surface area contributed by atoms with Gasteiger partial charge in [-0.2, -0.15) is 0 Å². The summed E-state index contributed by atoms with van der Waals surface area (Å²) < 4.78 is 11.5. The molecule has 100 valence electrons. The highest BCUT2D eigenvalue weighted by Gasteiger charge is 2.10. The number of methoxy groups -OCH3 is 1. The lowest BCUT2D eigenvalue weighted by atomic mass is 10.1. The molecule has 4 heteroatoms. The predicted octanol–water partition coefficient (Wildman–Crippen LogP) is 4.65. The van der Waals surface area contributed by atoms with Crippen LogP contribution in [-0.4, -0.2) is 13.1 Å². The van der Waals surface area contributed by atoms with Gasteiger partial charge in [0.25, 0.3) is 0 Å². The highest BCUT2D eigenvalue weighted by atomic mass is 79.9. The summed E-state index contributed by atoms with van der Waals surface area (Å²) in [5.74, 6) is 0.424. The average Bonchev–Trinajstić information content (AvgIpc) is 2.90. The second kappa shape index (κ2) is 5.13. The molecule has 0 saturated heterocycles. The first-order valence-corrected chi connectivity index (χ1v) is 6.84. The largest absolute Gasteiger partial charge is 0.465 e. The van der Waals surface area contributed by atoms with Gasteiger partial charge in [-0.05, 0) is 36.4 Å². The van der Waals surface area contributed by atoms with Crippen molar-refractivity contribution in [3.63, 3.8) is 0 Å². The summed E-state index contributed by atoms with van der Waals surface area (Å²) in [6, 6.07) is 15.0. The van der Waals surface area contributed by atoms with Crippen molar-refractivity contribution in [3.05, 3.63) is 58.6 Å². The minimum Gasteiger partial charge on any atom is -0.465 e. The zero-order valence-corrected chi connectivity index (χ0v) is 12.3. The quantitative estimate of drug-likeness (QED) is 0.642. The van der Waals surface area contributed by atoms with Crippen LogP contribution in [0.25, 0.3) is 22.3 Å². The fourth-order valence-corrected chi connectivity index (χ4v) is 2.31. The molecule has 3 nitrogen and oxygen atoms in total. The van der Waals surface area contributed by atoms with E-state index in [9.17, 15) is 4.79 Å². The smallest absolute Gasteiger partial charge is 0.337 e. The monoisotopic (exact) mass is 330 g/mol. The van der Waals surface area contributed by atoms with Gasteiger partial charge in [0.1, 0.15) is 11.3 Å². The van der Waals surface area contributed by atoms with Crippen LogP contribution in [0.3, 0.4) is 0 Å². The standard InChI is InChI=1S/C16H11BrO3/c1-19-16(18)11-4-7-14-12(8-11)9-15(20-14)10-2-5-13(17)6-3-10/h2-9H,1H3. The van der Waals surface area contributed by atoms with Gasteiger partial charge in [0.15, 0.2) is 0 Å². The van der Waals surface area contributed by atoms with Crippen molar-refractivity contribution in [1.82, 2.24) is 0 Å². The van der Waals surface area contributed by atoms with E-state index in [1.165, 1.54) is 7.11 Å². The second-order valence-electron chi connectivity index (χ2n) is 4.36. The van der Waals surface area contributed by atoms with Gasteiger partial charge in [-0.3, -0.25) is 0 Å². The first kappa shape index (κ1) is 12.9. The molecule has 0 spiro atoms. The number of ether oxygens (including phenoxy) is 1. The fraction of sp³-hybridized carbons (Fsp3) is 0.0625. The number of esters is 1. The highest BCUT2D eigenvalue weighted by molar-refractivity contribution is 9.10. The van der Waals surface area contributed by atoms with Crippen molar-refractivity contribution >= 4 is 32.9 Å². The molecule has 3 aromatic rings. The van der Waals surface area contributed by atoms with Crippen LogP contribution in [0.15, 0.2) is 57.4 Å². The normalized spacial score (nSPS) is 10.7. The summed E-state index contributed by atoms with van der Waals surface area (Å²) in [5.41, 5.74) is 2.25. The molecule has 3 rings (SSSR count). The van der Waals surface area contributed by atoms with E-state index in [0.29, 0.717) is 5.56 Å². The molecule has 0 fully saturated rings. The van der Waals surface area contributed by atoms with Crippen LogP contribution in [-0.2, 0) is 4.74 Å². The Balaban J connectivity index is 2.06. The molecule has 20 heavy (non-hydrogen) atoms. The summed E-state index contributed by atoms with van der Waals surface area (Å²) in [6.07, 6.45) is 0. The van der Waals surface area contributed by atoms with E-state index in [1.54, 1.807) is 18.2 Å². The Morgan fingerprint density at radius 3 is 2.55 bits per heavy atom. The maximum Gasteiger partial charge on any atom is 0.337 e. The Morgan fingerprint density at radius 2 is 1.85 bits per heavy atom. The molecule has 0 aliphatic heterocycles. The minimum atomic E-state index is -0.349. The predicted molar refractivity (Wildman–Crippen MR) is 80.7 cm³/mol. The Hall–Kier alpha value is -2.07. The van der Waals surface area contributed by atoms with E-state index in [2.05, 4.69) is 15.9 Å². The first-order valence-electron chi connectivity index (χ1n) is 6.05. The molecule has 0 unspecified atom stereocenters. The lowest BCUT2D eigenvalue weighted by Gasteiger charge is -1.97. The van der Waals surface area contributed by atoms with E-state index >= 15 is 0 Å². The molecular weight excluding hydrogens is 320 g/mol. The van der Waals surface area contributed by atoms with Gasteiger partial charge < -0.3 is 9.15 Å². The van der Waals surface area contributed by atoms with Crippen molar-refractivity contribution in [3.8, 4) is 11.3 Å². The molecule has 0 saturated carbocycles. The van der Waals surface area contributed by atoms with Crippen molar-refractivity contribution in [2.45, 2.75) is 0 Å². The average molecular weight is 331 g/mol. The number of benzene rings is 2. The summed E-state index contributed by atoms with van der Waals surface area (Å²) in [6.45, 7) is 0. The van der Waals surface area contributed by atoms with Crippen LogP contribution in [0.4, 0.5) is 0 Å². The molecule has 2 aromatic carbocycles. The van der Waals surface area contributed by atoms with Crippen LogP contribution < -0.4 is 0 Å². The summed E-state index contributed by atoms with van der Waals surface area (Å²) in [5, 5.41) is 0.880. The third-order valence-corrected chi connectivity index (χ3v) is 3.59. The number of carbonyl (C=O) groups excluding carboxylic acids is 1. The SMILES string of the molecule is COC(=O)c1ccc2oc(-c3ccc(Br)cc3)cc2c1. The molecule has 1 aromatic heterocycles. The number of furan rings is 1. The molecule has 0 radical (unpaired) electrons. The van der Waals surface area contributed by atoms with Gasteiger partial charge in [0.05, 0.1) is 12.7 Å². The summed E-state index contributed by atoms with van der Waals surface area (Å²) in [7, 11) is 1.37. The van der Waals surface area contributed by atoms with Gasteiger partial charge in [0.2, 0.25) is 0 Å². The number of hydrogen-bond donors (Lipinski definition) is 0. The number of halogens is 1. The van der Waals surface area contributed by atoms with Crippen LogP contribution in [0.1, 0.15) is 10.4 Å². The van der Waals surface area contributed by atoms with E-state index in [1.807, 2.05) is 30.3 Å². The number of hydrogen-bond acceptors (Lipinski definition) is 3. The Labute approximate surface area is 124 Å². The highest BCUT2D eigenvalue weighted by Crippen LogP contribution is 2.29. The van der Waals surface area contributed by atoms with E-state index in [0.717, 1.165) is 26.8 Å². The third-order valence-electron chi connectivity index (χ3n) is 3.07. The maximum atomic E-state index is 11.5. The van der Waals surface area contributed by atoms with E-state index in [4.69, 9.17) is 9.15 Å². The maximum absolute atomic E-state index is 11.5. The summed E-state index contributed by atoms with van der Waals surface area (Å²) >= 11 is 3.40. The number of fused-ring (bicyclic) bond motifs is 1. The molecular formula is C16H11BrO3. The lowest BCUT2D eigenvalue weighted by Crippen LogP contribution is -1.99. The molecule has 0 bridgehead atoms. The van der Waals surface area contributed by atoms with Crippen LogP contribution >= 0.6 is 15.9 Å². The van der Waals surface area contributed by atoms with E-state index < -0.39 is 0 Å². The van der Waals surface area contributed by atoms with Crippen molar-refractivity contribution in [2.24, 2.45) is 0 Å². The Morgan fingerprint density at radius 1 is 1.10 bits per heavy atom. The molecule has 1 heterocycles. The van der Waals surface area contributed by atoms with Crippen LogP contribution in [0.2, 0.25) is 0 Å². The van der Waals surface area contributed by atoms with Crippen molar-refractivity contribution in [2.75, 3.05) is 7.11 Å². The molecule has 0 N–H and O–H groups in total.